The molecule has 2 aliphatic rings. The Morgan fingerprint density at radius 1 is 0.979 bits per heavy atom. The second-order valence-electron chi connectivity index (χ2n) is 12.7. The molecule has 1 saturated heterocycles. The summed E-state index contributed by atoms with van der Waals surface area (Å²) in [7, 11) is 0. The van der Waals surface area contributed by atoms with Crippen LogP contribution in [0.3, 0.4) is 0 Å². The van der Waals surface area contributed by atoms with Gasteiger partial charge in [0.05, 0.1) is 18.2 Å². The molecule has 0 aromatic heterocycles. The van der Waals surface area contributed by atoms with Crippen LogP contribution in [0.1, 0.15) is 49.1 Å². The Kier molecular flexibility index (Phi) is 12.1. The van der Waals surface area contributed by atoms with Gasteiger partial charge in [-0.3, -0.25) is 14.5 Å². The first-order valence-electron chi connectivity index (χ1n) is 16.7. The Bertz CT molecular complexity index is 1560. The number of carbonyl (C=O) groups excluding carboxylic acids is 3. The molecule has 3 aromatic carbocycles. The smallest absolute Gasteiger partial charge is 0.410 e. The molecule has 0 spiro atoms. The molecule has 0 saturated carbocycles. The largest absolute Gasteiger partial charge is 0.447 e. The minimum Gasteiger partial charge on any atom is -0.447 e. The van der Waals surface area contributed by atoms with Gasteiger partial charge in [0, 0.05) is 62.8 Å². The van der Waals surface area contributed by atoms with E-state index in [4.69, 9.17) is 16.3 Å². The van der Waals surface area contributed by atoms with Gasteiger partial charge in [0.25, 0.3) is 0 Å². The number of nitrogens with one attached hydrogen (secondary N) is 2. The minimum absolute atomic E-state index is 0.174. The molecule has 2 heterocycles. The van der Waals surface area contributed by atoms with Crippen LogP contribution in [-0.2, 0) is 33.7 Å². The van der Waals surface area contributed by atoms with Crippen LogP contribution in [0.2, 0.25) is 5.02 Å². The Labute approximate surface area is 287 Å². The quantitative estimate of drug-likeness (QED) is 0.298. The van der Waals surface area contributed by atoms with Gasteiger partial charge >= 0.3 is 6.09 Å². The van der Waals surface area contributed by atoms with Gasteiger partial charge in [0.1, 0.15) is 11.9 Å². The predicted octanol–water partition coefficient (Wildman–Crippen LogP) is 4.97. The number of halogens is 2. The second-order valence-corrected chi connectivity index (χ2v) is 13.1. The van der Waals surface area contributed by atoms with Crippen LogP contribution in [0.15, 0.2) is 72.8 Å². The molecule has 1 fully saturated rings. The van der Waals surface area contributed by atoms with Crippen molar-refractivity contribution < 1.29 is 23.5 Å². The first-order valence-corrected chi connectivity index (χ1v) is 17.1. The van der Waals surface area contributed by atoms with Crippen LogP contribution in [-0.4, -0.2) is 90.1 Å². The number of rotatable bonds is 11. The maximum absolute atomic E-state index is 15.2. The fourth-order valence-corrected chi connectivity index (χ4v) is 6.54. The summed E-state index contributed by atoms with van der Waals surface area (Å²) >= 11 is 6.12. The summed E-state index contributed by atoms with van der Waals surface area (Å²) in [5.41, 5.74) is 3.66. The molecule has 3 aromatic rings. The molecular weight excluding hydrogens is 633 g/mol. The zero-order valence-electron chi connectivity index (χ0n) is 27.8. The van der Waals surface area contributed by atoms with Gasteiger partial charge in [0.15, 0.2) is 0 Å². The first kappa shape index (κ1) is 35.3. The van der Waals surface area contributed by atoms with Crippen molar-refractivity contribution >= 4 is 29.5 Å². The van der Waals surface area contributed by atoms with Gasteiger partial charge in [-0.15, -0.1) is 0 Å². The highest BCUT2D eigenvalue weighted by Crippen LogP contribution is 2.27. The van der Waals surface area contributed by atoms with E-state index in [1.807, 2.05) is 37.3 Å². The summed E-state index contributed by atoms with van der Waals surface area (Å²) in [6.45, 7) is 8.38. The van der Waals surface area contributed by atoms with Crippen molar-refractivity contribution in [2.75, 3.05) is 39.3 Å². The van der Waals surface area contributed by atoms with E-state index in [2.05, 4.69) is 21.6 Å². The number of nitrogens with zero attached hydrogens (tertiary/aromatic N) is 3. The molecule has 2 aliphatic heterocycles. The van der Waals surface area contributed by atoms with E-state index in [0.29, 0.717) is 62.7 Å². The molecule has 0 bridgehead atoms. The standard InChI is InChI=1S/C37H45ClFN5O4/c1-4-42(37(47)48-25(2)3)24-34(30-11-7-8-12-31(30)39)43-17-19-44(20-18-43)36(46)33(21-26-13-15-29(38)16-14-26)41-35(45)32-22-27-9-5-6-10-28(27)23-40-32/h5-16,25,32-34,40H,4,17-24H2,1-3H3,(H,41,45)/t32-,33-,34?/m1/s1. The van der Waals surface area contributed by atoms with Crippen LogP contribution in [0, 0.1) is 5.82 Å². The number of hydrogen-bond donors (Lipinski definition) is 2. The normalized spacial score (nSPS) is 17.7. The number of piperazine rings is 1. The maximum Gasteiger partial charge on any atom is 0.410 e. The summed E-state index contributed by atoms with van der Waals surface area (Å²) < 4.78 is 20.6. The van der Waals surface area contributed by atoms with Crippen LogP contribution >= 0.6 is 11.6 Å². The predicted molar refractivity (Wildman–Crippen MR) is 184 cm³/mol. The van der Waals surface area contributed by atoms with Gasteiger partial charge in [-0.2, -0.15) is 0 Å². The number of ether oxygens (including phenoxy) is 1. The minimum atomic E-state index is -0.784. The van der Waals surface area contributed by atoms with Crippen molar-refractivity contribution in [2.24, 2.45) is 0 Å². The molecule has 256 valence electrons. The number of carbonyl (C=O) groups is 3. The molecule has 11 heteroatoms. The lowest BCUT2D eigenvalue weighted by Gasteiger charge is -2.42. The third kappa shape index (κ3) is 8.92. The molecule has 0 radical (unpaired) electrons. The van der Waals surface area contributed by atoms with Gasteiger partial charge < -0.3 is 25.2 Å². The fourth-order valence-electron chi connectivity index (χ4n) is 6.42. The van der Waals surface area contributed by atoms with Crippen LogP contribution < -0.4 is 10.6 Å². The van der Waals surface area contributed by atoms with Crippen molar-refractivity contribution in [1.29, 1.82) is 0 Å². The Morgan fingerprint density at radius 3 is 2.31 bits per heavy atom. The first-order chi connectivity index (χ1) is 23.1. The number of likely N-dealkylation sites (N-methyl/N-ethyl adjacent to an activating group) is 1. The Balaban J connectivity index is 1.30. The van der Waals surface area contributed by atoms with Crippen LogP contribution in [0.5, 0.6) is 0 Å². The van der Waals surface area contributed by atoms with Crippen molar-refractivity contribution in [2.45, 2.75) is 64.4 Å². The molecular formula is C37H45ClFN5O4. The summed E-state index contributed by atoms with van der Waals surface area (Å²) in [4.78, 5) is 46.0. The van der Waals surface area contributed by atoms with E-state index < -0.39 is 24.2 Å². The summed E-state index contributed by atoms with van der Waals surface area (Å²) in [6, 6.07) is 20.3. The van der Waals surface area contributed by atoms with Gasteiger partial charge in [-0.25, -0.2) is 9.18 Å². The third-order valence-electron chi connectivity index (χ3n) is 9.07. The molecule has 0 aliphatic carbocycles. The van der Waals surface area contributed by atoms with E-state index in [1.165, 1.54) is 11.6 Å². The lowest BCUT2D eigenvalue weighted by molar-refractivity contribution is -0.138. The highest BCUT2D eigenvalue weighted by Gasteiger charge is 2.35. The summed E-state index contributed by atoms with van der Waals surface area (Å²) in [5, 5.41) is 6.97. The van der Waals surface area contributed by atoms with Gasteiger partial charge in [-0.1, -0.05) is 66.2 Å². The molecule has 9 nitrogen and oxygen atoms in total. The van der Waals surface area contributed by atoms with Gasteiger partial charge in [0.2, 0.25) is 11.8 Å². The monoisotopic (exact) mass is 677 g/mol. The maximum atomic E-state index is 15.2. The van der Waals surface area contributed by atoms with E-state index in [1.54, 1.807) is 54.0 Å². The molecule has 3 amide bonds. The number of hydrogen-bond acceptors (Lipinski definition) is 6. The Hall–Kier alpha value is -3.99. The van der Waals surface area contributed by atoms with Crippen molar-refractivity contribution in [3.8, 4) is 0 Å². The highest BCUT2D eigenvalue weighted by atomic mass is 35.5. The third-order valence-corrected chi connectivity index (χ3v) is 9.32. The fraction of sp³-hybridized carbons (Fsp3) is 0.432. The topological polar surface area (TPSA) is 94.2 Å². The average Bonchev–Trinajstić information content (AvgIpc) is 3.09. The highest BCUT2D eigenvalue weighted by molar-refractivity contribution is 6.30. The van der Waals surface area contributed by atoms with Crippen LogP contribution in [0.25, 0.3) is 0 Å². The zero-order valence-corrected chi connectivity index (χ0v) is 28.6. The van der Waals surface area contributed by atoms with E-state index >= 15 is 4.39 Å². The number of amides is 3. The van der Waals surface area contributed by atoms with E-state index in [-0.39, 0.29) is 30.3 Å². The SMILES string of the molecule is CCN(CC(c1ccccc1F)N1CCN(C(=O)[C@@H](Cc2ccc(Cl)cc2)NC(=O)[C@H]2Cc3ccccc3CN2)CC1)C(=O)OC(C)C. The molecule has 2 N–H and O–H groups in total. The number of benzene rings is 3. The molecule has 1 unspecified atom stereocenters. The molecule has 48 heavy (non-hydrogen) atoms. The zero-order chi connectivity index (χ0) is 34.2. The number of fused-ring (bicyclic) bond motifs is 1. The van der Waals surface area contributed by atoms with E-state index in [0.717, 1.165) is 11.1 Å². The molecule has 3 atom stereocenters. The summed E-state index contributed by atoms with van der Waals surface area (Å²) in [5.74, 6) is -0.741. The van der Waals surface area contributed by atoms with Gasteiger partial charge in [-0.05, 0) is 62.1 Å². The Morgan fingerprint density at radius 2 is 1.65 bits per heavy atom. The molecule has 5 rings (SSSR count). The lowest BCUT2D eigenvalue weighted by Crippen LogP contribution is -2.59. The lowest BCUT2D eigenvalue weighted by atomic mass is 9.95. The van der Waals surface area contributed by atoms with Crippen molar-refractivity contribution in [1.82, 2.24) is 25.3 Å². The van der Waals surface area contributed by atoms with Crippen LogP contribution in [0.4, 0.5) is 9.18 Å². The van der Waals surface area contributed by atoms with Crippen molar-refractivity contribution in [3.05, 3.63) is 106 Å². The average molecular weight is 678 g/mol. The van der Waals surface area contributed by atoms with E-state index in [9.17, 15) is 14.4 Å². The van der Waals surface area contributed by atoms with Crippen molar-refractivity contribution in [3.63, 3.8) is 0 Å². The summed E-state index contributed by atoms with van der Waals surface area (Å²) in [6.07, 6.45) is 0.129. The second kappa shape index (κ2) is 16.4.